The maximum absolute atomic E-state index is 4.22. The van der Waals surface area contributed by atoms with Crippen molar-refractivity contribution >= 4 is 5.95 Å². The Bertz CT molecular complexity index is 421. The first-order valence-electron chi connectivity index (χ1n) is 4.91. The lowest BCUT2D eigenvalue weighted by Crippen LogP contribution is -2.10. The largest absolute Gasteiger partial charge is 0.349 e. The summed E-state index contributed by atoms with van der Waals surface area (Å²) in [6.45, 7) is 2.10. The van der Waals surface area contributed by atoms with Crippen molar-refractivity contribution in [3.8, 4) is 0 Å². The maximum atomic E-state index is 4.22. The zero-order valence-electron chi connectivity index (χ0n) is 8.88. The smallest absolute Gasteiger partial charge is 0.202 e. The average molecular weight is 202 g/mol. The van der Waals surface area contributed by atoms with E-state index in [1.54, 1.807) is 18.6 Å². The molecule has 2 aromatic rings. The van der Waals surface area contributed by atoms with Gasteiger partial charge in [0.05, 0.1) is 6.04 Å². The van der Waals surface area contributed by atoms with E-state index in [-0.39, 0.29) is 6.04 Å². The Balaban J connectivity index is 2.11. The molecule has 2 heterocycles. The molecule has 1 atom stereocenters. The maximum Gasteiger partial charge on any atom is 0.202 e. The second-order valence-corrected chi connectivity index (χ2v) is 3.51. The summed E-state index contributed by atoms with van der Waals surface area (Å²) in [6, 6.07) is 4.23. The molecule has 0 aliphatic carbocycles. The lowest BCUT2D eigenvalue weighted by atomic mass is 10.1. The van der Waals surface area contributed by atoms with E-state index in [9.17, 15) is 0 Å². The van der Waals surface area contributed by atoms with Crippen molar-refractivity contribution < 1.29 is 0 Å². The Morgan fingerprint density at radius 1 is 1.27 bits per heavy atom. The highest BCUT2D eigenvalue weighted by Crippen LogP contribution is 2.16. The van der Waals surface area contributed by atoms with E-state index in [1.165, 1.54) is 5.56 Å². The molecule has 1 unspecified atom stereocenters. The highest BCUT2D eigenvalue weighted by Gasteiger charge is 2.06. The molecule has 78 valence electrons. The number of aryl methyl sites for hydroxylation is 1. The van der Waals surface area contributed by atoms with Crippen molar-refractivity contribution in [1.82, 2.24) is 14.5 Å². The molecule has 2 rings (SSSR count). The molecule has 2 aromatic heterocycles. The minimum atomic E-state index is 0.231. The molecule has 0 amide bonds. The van der Waals surface area contributed by atoms with Gasteiger partial charge in [-0.05, 0) is 24.6 Å². The zero-order chi connectivity index (χ0) is 10.7. The summed E-state index contributed by atoms with van der Waals surface area (Å²) in [7, 11) is 1.97. The standard InChI is InChI=1S/C11H14N4/c1-9(10-3-5-12-6-4-10)14-11-13-7-8-15(11)2/h3-9H,1-2H3,(H,13,14). The molecule has 1 N–H and O–H groups in total. The number of aromatic nitrogens is 3. The summed E-state index contributed by atoms with van der Waals surface area (Å²) in [5, 5.41) is 3.33. The number of hydrogen-bond acceptors (Lipinski definition) is 3. The highest BCUT2D eigenvalue weighted by atomic mass is 15.2. The molecule has 0 bridgehead atoms. The van der Waals surface area contributed by atoms with Crippen LogP contribution in [0, 0.1) is 0 Å². The van der Waals surface area contributed by atoms with Gasteiger partial charge in [-0.1, -0.05) is 0 Å². The van der Waals surface area contributed by atoms with E-state index < -0.39 is 0 Å². The Morgan fingerprint density at radius 3 is 2.60 bits per heavy atom. The first-order chi connectivity index (χ1) is 7.27. The summed E-state index contributed by atoms with van der Waals surface area (Å²) in [4.78, 5) is 8.21. The highest BCUT2D eigenvalue weighted by molar-refractivity contribution is 5.31. The van der Waals surface area contributed by atoms with Crippen LogP contribution >= 0.6 is 0 Å². The van der Waals surface area contributed by atoms with Crippen LogP contribution < -0.4 is 5.32 Å². The van der Waals surface area contributed by atoms with Gasteiger partial charge in [0.15, 0.2) is 0 Å². The Kier molecular flexibility index (Phi) is 2.67. The minimum Gasteiger partial charge on any atom is -0.349 e. The van der Waals surface area contributed by atoms with E-state index in [0.29, 0.717) is 0 Å². The fourth-order valence-electron chi connectivity index (χ4n) is 1.43. The predicted octanol–water partition coefficient (Wildman–Crippen LogP) is 1.99. The van der Waals surface area contributed by atoms with Crippen LogP contribution in [0.15, 0.2) is 36.9 Å². The molecule has 0 aliphatic rings. The van der Waals surface area contributed by atoms with Crippen LogP contribution in [-0.4, -0.2) is 14.5 Å². The van der Waals surface area contributed by atoms with E-state index in [4.69, 9.17) is 0 Å². The van der Waals surface area contributed by atoms with Crippen LogP contribution in [0.25, 0.3) is 0 Å². The molecule has 0 spiro atoms. The summed E-state index contributed by atoms with van der Waals surface area (Å²) in [6.07, 6.45) is 7.29. The Hall–Kier alpha value is -1.84. The van der Waals surface area contributed by atoms with Crippen LogP contribution in [0.3, 0.4) is 0 Å². The lowest BCUT2D eigenvalue weighted by molar-refractivity contribution is 0.821. The predicted molar refractivity (Wildman–Crippen MR) is 59.5 cm³/mol. The number of nitrogens with zero attached hydrogens (tertiary/aromatic N) is 3. The Morgan fingerprint density at radius 2 is 2.00 bits per heavy atom. The van der Waals surface area contributed by atoms with Crippen molar-refractivity contribution in [1.29, 1.82) is 0 Å². The van der Waals surface area contributed by atoms with Crippen molar-refractivity contribution in [3.63, 3.8) is 0 Å². The van der Waals surface area contributed by atoms with Crippen LogP contribution in [0.5, 0.6) is 0 Å². The fourth-order valence-corrected chi connectivity index (χ4v) is 1.43. The molecular weight excluding hydrogens is 188 g/mol. The molecule has 15 heavy (non-hydrogen) atoms. The van der Waals surface area contributed by atoms with Gasteiger partial charge in [-0.2, -0.15) is 0 Å². The quantitative estimate of drug-likeness (QED) is 0.827. The molecule has 4 heteroatoms. The Labute approximate surface area is 89.0 Å². The summed E-state index contributed by atoms with van der Waals surface area (Å²) >= 11 is 0. The topological polar surface area (TPSA) is 42.7 Å². The van der Waals surface area contributed by atoms with Gasteiger partial charge in [0.25, 0.3) is 0 Å². The average Bonchev–Trinajstić information content (AvgIpc) is 2.66. The first-order valence-corrected chi connectivity index (χ1v) is 4.91. The van der Waals surface area contributed by atoms with Gasteiger partial charge < -0.3 is 9.88 Å². The van der Waals surface area contributed by atoms with Gasteiger partial charge in [0, 0.05) is 31.8 Å². The van der Waals surface area contributed by atoms with Gasteiger partial charge in [0.2, 0.25) is 5.95 Å². The van der Waals surface area contributed by atoms with Gasteiger partial charge in [0.1, 0.15) is 0 Å². The van der Waals surface area contributed by atoms with Crippen LogP contribution in [0.2, 0.25) is 0 Å². The molecule has 0 radical (unpaired) electrons. The lowest BCUT2D eigenvalue weighted by Gasteiger charge is -2.14. The van der Waals surface area contributed by atoms with E-state index in [1.807, 2.05) is 29.9 Å². The number of nitrogens with one attached hydrogen (secondary N) is 1. The molecule has 0 aliphatic heterocycles. The van der Waals surface area contributed by atoms with Crippen LogP contribution in [0.1, 0.15) is 18.5 Å². The van der Waals surface area contributed by atoms with E-state index in [2.05, 4.69) is 22.2 Å². The zero-order valence-corrected chi connectivity index (χ0v) is 8.88. The third-order valence-corrected chi connectivity index (χ3v) is 2.37. The van der Waals surface area contributed by atoms with Gasteiger partial charge >= 0.3 is 0 Å². The van der Waals surface area contributed by atoms with Crippen molar-refractivity contribution in [3.05, 3.63) is 42.5 Å². The van der Waals surface area contributed by atoms with E-state index >= 15 is 0 Å². The number of pyridine rings is 1. The van der Waals surface area contributed by atoms with E-state index in [0.717, 1.165) is 5.95 Å². The van der Waals surface area contributed by atoms with Crippen molar-refractivity contribution in [2.45, 2.75) is 13.0 Å². The van der Waals surface area contributed by atoms with Crippen molar-refractivity contribution in [2.24, 2.45) is 7.05 Å². The van der Waals surface area contributed by atoms with Gasteiger partial charge in [-0.25, -0.2) is 4.98 Å². The van der Waals surface area contributed by atoms with Crippen molar-refractivity contribution in [2.75, 3.05) is 5.32 Å². The number of imidazole rings is 1. The normalized spacial score (nSPS) is 12.4. The summed E-state index contributed by atoms with van der Waals surface area (Å²) < 4.78 is 1.96. The monoisotopic (exact) mass is 202 g/mol. The number of rotatable bonds is 3. The summed E-state index contributed by atoms with van der Waals surface area (Å²) in [5.74, 6) is 0.874. The molecule has 4 nitrogen and oxygen atoms in total. The number of anilines is 1. The molecule has 0 aromatic carbocycles. The second-order valence-electron chi connectivity index (χ2n) is 3.51. The van der Waals surface area contributed by atoms with Crippen LogP contribution in [-0.2, 0) is 7.05 Å². The molecule has 0 fully saturated rings. The SMILES string of the molecule is CC(Nc1nccn1C)c1ccncc1. The van der Waals surface area contributed by atoms with Crippen LogP contribution in [0.4, 0.5) is 5.95 Å². The molecule has 0 saturated heterocycles. The molecular formula is C11H14N4. The van der Waals surface area contributed by atoms with Gasteiger partial charge in [-0.15, -0.1) is 0 Å². The fraction of sp³-hybridized carbons (Fsp3) is 0.273. The molecule has 0 saturated carbocycles. The number of hydrogen-bond donors (Lipinski definition) is 1. The third kappa shape index (κ3) is 2.15. The third-order valence-electron chi connectivity index (χ3n) is 2.37. The van der Waals surface area contributed by atoms with Gasteiger partial charge in [-0.3, -0.25) is 4.98 Å². The second kappa shape index (κ2) is 4.13. The first kappa shape index (κ1) is 9.71. The minimum absolute atomic E-state index is 0.231. The summed E-state index contributed by atoms with van der Waals surface area (Å²) in [5.41, 5.74) is 1.20.